The summed E-state index contributed by atoms with van der Waals surface area (Å²) in [6, 6.07) is 0. The molecule has 0 aliphatic rings. The van der Waals surface area contributed by atoms with Gasteiger partial charge in [0.15, 0.2) is 9.84 Å². The molecule has 0 fully saturated rings. The van der Waals surface area contributed by atoms with Crippen molar-refractivity contribution in [2.24, 2.45) is 0 Å². The highest BCUT2D eigenvalue weighted by Crippen LogP contribution is 2.06. The third-order valence-electron chi connectivity index (χ3n) is 1.32. The van der Waals surface area contributed by atoms with E-state index in [0.29, 0.717) is 5.56 Å². The molecule has 0 spiro atoms. The molecule has 1 aromatic rings. The summed E-state index contributed by atoms with van der Waals surface area (Å²) < 4.78 is 22.0. The fourth-order valence-corrected chi connectivity index (χ4v) is 1.74. The number of sulfone groups is 1. The third-order valence-corrected chi connectivity index (χ3v) is 2.49. The van der Waals surface area contributed by atoms with Crippen LogP contribution in [0.3, 0.4) is 0 Å². The van der Waals surface area contributed by atoms with Crippen molar-refractivity contribution in [2.75, 3.05) is 6.26 Å². The summed E-state index contributed by atoms with van der Waals surface area (Å²) in [5.74, 6) is 0. The van der Waals surface area contributed by atoms with Gasteiger partial charge in [-0.3, -0.25) is 4.98 Å². The summed E-state index contributed by atoms with van der Waals surface area (Å²) in [5, 5.41) is -0.0671. The van der Waals surface area contributed by atoms with Gasteiger partial charge in [0.2, 0.25) is 0 Å². The molecule has 1 rings (SSSR count). The van der Waals surface area contributed by atoms with Crippen molar-refractivity contribution in [1.82, 2.24) is 9.97 Å². The number of aromatic amines is 1. The molecule has 0 unspecified atom stereocenters. The maximum Gasteiger partial charge on any atom is 0.345 e. The van der Waals surface area contributed by atoms with Crippen molar-refractivity contribution in [3.8, 4) is 0 Å². The molecule has 1 heterocycles. The average Bonchev–Trinajstić information content (AvgIpc) is 1.92. The third kappa shape index (κ3) is 1.70. The summed E-state index contributed by atoms with van der Waals surface area (Å²) in [7, 11) is -3.35. The SMILES string of the molecule is Cc1cnc(=O)[nH]c1S(C)(=O)=O. The Hall–Kier alpha value is -1.17. The lowest BCUT2D eigenvalue weighted by molar-refractivity contribution is 0.596. The molecular formula is C6H8N2O3S. The first-order valence-electron chi connectivity index (χ1n) is 3.17. The van der Waals surface area contributed by atoms with E-state index in [2.05, 4.69) is 9.97 Å². The molecule has 0 atom stereocenters. The van der Waals surface area contributed by atoms with Crippen LogP contribution >= 0.6 is 0 Å². The zero-order chi connectivity index (χ0) is 9.35. The van der Waals surface area contributed by atoms with Crippen molar-refractivity contribution in [3.63, 3.8) is 0 Å². The predicted molar refractivity (Wildman–Crippen MR) is 42.7 cm³/mol. The zero-order valence-electron chi connectivity index (χ0n) is 6.66. The largest absolute Gasteiger partial charge is 0.345 e. The van der Waals surface area contributed by atoms with Gasteiger partial charge in [-0.2, -0.15) is 0 Å². The summed E-state index contributed by atoms with van der Waals surface area (Å²) in [5.41, 5.74) is -0.210. The Balaban J connectivity index is 3.54. The van der Waals surface area contributed by atoms with Crippen LogP contribution in [0, 0.1) is 6.92 Å². The van der Waals surface area contributed by atoms with E-state index in [1.54, 1.807) is 6.92 Å². The maximum absolute atomic E-state index is 11.0. The Bertz CT molecular complexity index is 446. The quantitative estimate of drug-likeness (QED) is 0.601. The minimum Gasteiger partial charge on any atom is -0.296 e. The fraction of sp³-hybridized carbons (Fsp3) is 0.333. The van der Waals surface area contributed by atoms with Crippen LogP contribution in [0.2, 0.25) is 0 Å². The van der Waals surface area contributed by atoms with E-state index in [1.807, 2.05) is 0 Å². The van der Waals surface area contributed by atoms with Crippen LogP contribution in [0.25, 0.3) is 0 Å². The van der Waals surface area contributed by atoms with Crippen molar-refractivity contribution in [2.45, 2.75) is 11.9 Å². The van der Waals surface area contributed by atoms with Crippen molar-refractivity contribution < 1.29 is 8.42 Å². The highest BCUT2D eigenvalue weighted by Gasteiger charge is 2.11. The van der Waals surface area contributed by atoms with E-state index in [0.717, 1.165) is 6.26 Å². The second kappa shape index (κ2) is 2.71. The Kier molecular flexibility index (Phi) is 2.01. The molecule has 12 heavy (non-hydrogen) atoms. The van der Waals surface area contributed by atoms with E-state index in [-0.39, 0.29) is 5.03 Å². The minimum atomic E-state index is -3.35. The van der Waals surface area contributed by atoms with Crippen molar-refractivity contribution >= 4 is 9.84 Å². The molecule has 0 bridgehead atoms. The molecule has 0 aliphatic carbocycles. The first-order chi connectivity index (χ1) is 5.41. The van der Waals surface area contributed by atoms with Gasteiger partial charge in [-0.1, -0.05) is 0 Å². The monoisotopic (exact) mass is 188 g/mol. The fourth-order valence-electron chi connectivity index (χ4n) is 0.827. The molecule has 6 heteroatoms. The Labute approximate surface area is 69.4 Å². The van der Waals surface area contributed by atoms with Crippen LogP contribution in [-0.4, -0.2) is 24.6 Å². The smallest absolute Gasteiger partial charge is 0.296 e. The molecule has 5 nitrogen and oxygen atoms in total. The van der Waals surface area contributed by atoms with Crippen LogP contribution in [0.5, 0.6) is 0 Å². The van der Waals surface area contributed by atoms with Crippen molar-refractivity contribution in [3.05, 3.63) is 22.2 Å². The Morgan fingerprint density at radius 2 is 2.08 bits per heavy atom. The summed E-state index contributed by atoms with van der Waals surface area (Å²) in [6.45, 7) is 1.57. The summed E-state index contributed by atoms with van der Waals surface area (Å²) >= 11 is 0. The molecule has 0 radical (unpaired) electrons. The molecule has 1 aromatic heterocycles. The number of hydrogen-bond acceptors (Lipinski definition) is 4. The van der Waals surface area contributed by atoms with Crippen LogP contribution in [0.1, 0.15) is 5.56 Å². The van der Waals surface area contributed by atoms with E-state index >= 15 is 0 Å². The van der Waals surface area contributed by atoms with E-state index < -0.39 is 15.5 Å². The van der Waals surface area contributed by atoms with Crippen LogP contribution in [0.15, 0.2) is 16.0 Å². The molecule has 0 amide bonds. The Morgan fingerprint density at radius 3 is 2.50 bits per heavy atom. The van der Waals surface area contributed by atoms with Gasteiger partial charge in [0.1, 0.15) is 5.03 Å². The van der Waals surface area contributed by atoms with Gasteiger partial charge in [0.05, 0.1) is 0 Å². The van der Waals surface area contributed by atoms with Gasteiger partial charge in [0.25, 0.3) is 0 Å². The average molecular weight is 188 g/mol. The minimum absolute atomic E-state index is 0.0671. The van der Waals surface area contributed by atoms with E-state index in [4.69, 9.17) is 0 Å². The summed E-state index contributed by atoms with van der Waals surface area (Å²) in [6.07, 6.45) is 2.26. The van der Waals surface area contributed by atoms with Gasteiger partial charge in [0, 0.05) is 18.0 Å². The predicted octanol–water partition coefficient (Wildman–Crippen LogP) is -0.518. The molecule has 0 aromatic carbocycles. The highest BCUT2D eigenvalue weighted by molar-refractivity contribution is 7.90. The number of H-pyrrole nitrogens is 1. The lowest BCUT2D eigenvalue weighted by atomic mass is 10.4. The highest BCUT2D eigenvalue weighted by atomic mass is 32.2. The number of nitrogens with one attached hydrogen (secondary N) is 1. The number of rotatable bonds is 1. The number of nitrogens with zero attached hydrogens (tertiary/aromatic N) is 1. The molecule has 0 saturated heterocycles. The molecule has 0 saturated carbocycles. The number of hydrogen-bond donors (Lipinski definition) is 1. The number of aromatic nitrogens is 2. The maximum atomic E-state index is 11.0. The van der Waals surface area contributed by atoms with Gasteiger partial charge >= 0.3 is 5.69 Å². The summed E-state index contributed by atoms with van der Waals surface area (Å²) in [4.78, 5) is 16.2. The lowest BCUT2D eigenvalue weighted by Gasteiger charge is -1.99. The lowest BCUT2D eigenvalue weighted by Crippen LogP contribution is -2.16. The van der Waals surface area contributed by atoms with E-state index in [1.165, 1.54) is 6.20 Å². The van der Waals surface area contributed by atoms with Gasteiger partial charge in [-0.15, -0.1) is 0 Å². The van der Waals surface area contributed by atoms with Crippen LogP contribution in [-0.2, 0) is 9.84 Å². The molecular weight excluding hydrogens is 180 g/mol. The number of aryl methyl sites for hydroxylation is 1. The Morgan fingerprint density at radius 1 is 1.50 bits per heavy atom. The van der Waals surface area contributed by atoms with Gasteiger partial charge in [-0.25, -0.2) is 18.2 Å². The van der Waals surface area contributed by atoms with Gasteiger partial charge in [-0.05, 0) is 6.92 Å². The standard InChI is InChI=1S/C6H8N2O3S/c1-4-3-7-6(9)8-5(4)12(2,10)11/h3H,1-2H3,(H,7,8,9). The van der Waals surface area contributed by atoms with Crippen LogP contribution in [0.4, 0.5) is 0 Å². The topological polar surface area (TPSA) is 79.9 Å². The first-order valence-corrected chi connectivity index (χ1v) is 5.06. The second-order valence-corrected chi connectivity index (χ2v) is 4.43. The molecule has 66 valence electrons. The molecule has 1 N–H and O–H groups in total. The van der Waals surface area contributed by atoms with Gasteiger partial charge < -0.3 is 0 Å². The van der Waals surface area contributed by atoms with Crippen LogP contribution < -0.4 is 5.69 Å². The zero-order valence-corrected chi connectivity index (χ0v) is 7.47. The second-order valence-electron chi connectivity index (χ2n) is 2.47. The first kappa shape index (κ1) is 8.92. The van der Waals surface area contributed by atoms with Crippen molar-refractivity contribution in [1.29, 1.82) is 0 Å². The normalized spacial score (nSPS) is 11.5. The van der Waals surface area contributed by atoms with E-state index in [9.17, 15) is 13.2 Å². The molecule has 0 aliphatic heterocycles.